The number of carbonyl (C=O) groups excluding carboxylic acids is 2. The molecular weight excluding hydrogens is 292 g/mol. The van der Waals surface area contributed by atoms with E-state index in [-0.39, 0.29) is 28.1 Å². The first-order valence-corrected chi connectivity index (χ1v) is 7.34. The molecular formula is C14H20N2O4S. The van der Waals surface area contributed by atoms with Gasteiger partial charge in [0, 0.05) is 18.7 Å². The molecule has 0 unspecified atom stereocenters. The molecule has 0 atom stereocenters. The molecule has 0 spiro atoms. The first kappa shape index (κ1) is 17.3. The number of aromatic amines is 1. The van der Waals surface area contributed by atoms with Gasteiger partial charge in [0.25, 0.3) is 5.56 Å². The molecule has 0 aromatic carbocycles. The third-order valence-corrected chi connectivity index (χ3v) is 3.14. The van der Waals surface area contributed by atoms with E-state index in [1.807, 2.05) is 0 Å². The van der Waals surface area contributed by atoms with E-state index in [4.69, 9.17) is 17.0 Å². The Hall–Kier alpha value is -1.76. The first-order chi connectivity index (χ1) is 9.91. The van der Waals surface area contributed by atoms with Crippen LogP contribution in [0.5, 0.6) is 0 Å². The van der Waals surface area contributed by atoms with Crippen molar-refractivity contribution >= 4 is 24.1 Å². The molecule has 0 saturated heterocycles. The van der Waals surface area contributed by atoms with Crippen molar-refractivity contribution in [3.8, 4) is 0 Å². The molecule has 0 aliphatic heterocycles. The Bertz CT molecular complexity index is 603. The molecule has 0 fully saturated rings. The van der Waals surface area contributed by atoms with Crippen molar-refractivity contribution in [2.45, 2.75) is 39.5 Å². The van der Waals surface area contributed by atoms with Crippen LogP contribution in [-0.2, 0) is 9.53 Å². The number of ether oxygens (including phenoxy) is 1. The number of H-pyrrole nitrogens is 1. The summed E-state index contributed by atoms with van der Waals surface area (Å²) in [4.78, 5) is 36.5. The van der Waals surface area contributed by atoms with Crippen molar-refractivity contribution in [1.29, 1.82) is 0 Å². The van der Waals surface area contributed by atoms with Gasteiger partial charge < -0.3 is 4.74 Å². The molecule has 116 valence electrons. The van der Waals surface area contributed by atoms with E-state index in [9.17, 15) is 14.4 Å². The minimum atomic E-state index is -0.323. The fraction of sp³-hybridized carbons (Fsp3) is 0.571. The van der Waals surface area contributed by atoms with Crippen LogP contribution < -0.4 is 5.56 Å². The molecule has 0 bridgehead atoms. The van der Waals surface area contributed by atoms with Gasteiger partial charge in [-0.15, -0.1) is 0 Å². The second-order valence-corrected chi connectivity index (χ2v) is 5.39. The molecule has 1 rings (SSSR count). The van der Waals surface area contributed by atoms with Crippen molar-refractivity contribution in [2.75, 3.05) is 6.61 Å². The van der Waals surface area contributed by atoms with Crippen LogP contribution in [0, 0.1) is 10.7 Å². The number of nitrogens with one attached hydrogen (secondary N) is 1. The summed E-state index contributed by atoms with van der Waals surface area (Å²) < 4.78 is 6.41. The highest BCUT2D eigenvalue weighted by Crippen LogP contribution is 2.04. The van der Waals surface area contributed by atoms with Crippen molar-refractivity contribution in [3.63, 3.8) is 0 Å². The zero-order valence-electron chi connectivity index (χ0n) is 12.3. The Kier molecular flexibility index (Phi) is 7.01. The quantitative estimate of drug-likeness (QED) is 0.475. The maximum atomic E-state index is 11.9. The summed E-state index contributed by atoms with van der Waals surface area (Å²) in [6.07, 6.45) is 3.90. The number of hydrogen-bond donors (Lipinski definition) is 1. The summed E-state index contributed by atoms with van der Waals surface area (Å²) in [5, 5.41) is 0. The molecule has 1 aromatic rings. The highest BCUT2D eigenvalue weighted by molar-refractivity contribution is 7.71. The number of rotatable bonds is 7. The van der Waals surface area contributed by atoms with E-state index < -0.39 is 0 Å². The van der Waals surface area contributed by atoms with E-state index in [1.165, 1.54) is 16.8 Å². The van der Waals surface area contributed by atoms with Gasteiger partial charge >= 0.3 is 5.97 Å². The maximum absolute atomic E-state index is 11.9. The topological polar surface area (TPSA) is 81.2 Å². The van der Waals surface area contributed by atoms with Crippen LogP contribution >= 0.6 is 12.2 Å². The molecule has 0 aliphatic rings. The van der Waals surface area contributed by atoms with E-state index in [1.54, 1.807) is 13.8 Å². The normalized spacial score (nSPS) is 10.6. The van der Waals surface area contributed by atoms with Crippen molar-refractivity contribution < 1.29 is 14.3 Å². The fourth-order valence-corrected chi connectivity index (χ4v) is 1.89. The Labute approximate surface area is 128 Å². The fourth-order valence-electron chi connectivity index (χ4n) is 1.63. The van der Waals surface area contributed by atoms with Crippen LogP contribution in [0.15, 0.2) is 17.1 Å². The average Bonchev–Trinajstić information content (AvgIpc) is 2.41. The molecule has 7 heteroatoms. The molecule has 0 amide bonds. The number of aromatic nitrogens is 2. The van der Waals surface area contributed by atoms with Gasteiger partial charge in [-0.25, -0.2) is 0 Å². The zero-order valence-corrected chi connectivity index (χ0v) is 13.1. The lowest BCUT2D eigenvalue weighted by Gasteiger charge is -2.07. The number of hydrogen-bond acceptors (Lipinski definition) is 5. The number of unbranched alkanes of at least 4 members (excludes halogenated alkanes) is 2. The molecule has 0 aliphatic carbocycles. The lowest BCUT2D eigenvalue weighted by molar-refractivity contribution is -0.147. The molecule has 0 saturated carbocycles. The zero-order chi connectivity index (χ0) is 15.8. The van der Waals surface area contributed by atoms with Gasteiger partial charge in [0.2, 0.25) is 5.91 Å². The molecule has 21 heavy (non-hydrogen) atoms. The minimum absolute atomic E-state index is 0.110. The second kappa shape index (κ2) is 8.51. The Morgan fingerprint density at radius 3 is 2.67 bits per heavy atom. The highest BCUT2D eigenvalue weighted by atomic mass is 32.1. The molecule has 1 N–H and O–H groups in total. The number of nitrogens with zero attached hydrogens (tertiary/aromatic N) is 1. The smallest absolute Gasteiger partial charge is 0.308 e. The van der Waals surface area contributed by atoms with Crippen LogP contribution in [0.2, 0.25) is 0 Å². The van der Waals surface area contributed by atoms with Crippen LogP contribution in [0.3, 0.4) is 0 Å². The van der Waals surface area contributed by atoms with Gasteiger partial charge in [-0.3, -0.25) is 23.9 Å². The molecule has 1 aromatic heterocycles. The Morgan fingerprint density at radius 1 is 1.33 bits per heavy atom. The SMILES string of the molecule is CC(C)C(=O)OCCCCCC(=O)n1ccc(=O)[nH]c1=S. The number of esters is 1. The largest absolute Gasteiger partial charge is 0.465 e. The van der Waals surface area contributed by atoms with Crippen LogP contribution in [0.4, 0.5) is 0 Å². The van der Waals surface area contributed by atoms with E-state index in [0.717, 1.165) is 12.8 Å². The van der Waals surface area contributed by atoms with E-state index in [2.05, 4.69) is 4.98 Å². The summed E-state index contributed by atoms with van der Waals surface area (Å²) in [7, 11) is 0. The Balaban J connectivity index is 2.27. The second-order valence-electron chi connectivity index (χ2n) is 5.01. The lowest BCUT2D eigenvalue weighted by Crippen LogP contribution is -2.17. The van der Waals surface area contributed by atoms with Crippen LogP contribution in [0.1, 0.15) is 44.3 Å². The average molecular weight is 312 g/mol. The summed E-state index contributed by atoms with van der Waals surface area (Å²) in [5.41, 5.74) is -0.323. The molecule has 1 heterocycles. The predicted molar refractivity (Wildman–Crippen MR) is 80.8 cm³/mol. The third kappa shape index (κ3) is 6.03. The summed E-state index contributed by atoms with van der Waals surface area (Å²) in [6, 6.07) is 1.26. The monoisotopic (exact) mass is 312 g/mol. The predicted octanol–water partition coefficient (Wildman–Crippen LogP) is 2.31. The Morgan fingerprint density at radius 2 is 2.05 bits per heavy atom. The minimum Gasteiger partial charge on any atom is -0.465 e. The van der Waals surface area contributed by atoms with Crippen LogP contribution in [-0.4, -0.2) is 28.0 Å². The van der Waals surface area contributed by atoms with Gasteiger partial charge in [-0.05, 0) is 31.5 Å². The number of carbonyl (C=O) groups is 2. The van der Waals surface area contributed by atoms with Crippen molar-refractivity contribution in [2.24, 2.45) is 5.92 Å². The summed E-state index contributed by atoms with van der Waals surface area (Å²) in [5.74, 6) is -0.477. The maximum Gasteiger partial charge on any atom is 0.308 e. The van der Waals surface area contributed by atoms with Gasteiger partial charge in [-0.1, -0.05) is 13.8 Å². The van der Waals surface area contributed by atoms with Crippen LogP contribution in [0.25, 0.3) is 0 Å². The third-order valence-electron chi connectivity index (χ3n) is 2.84. The lowest BCUT2D eigenvalue weighted by atomic mass is 10.2. The highest BCUT2D eigenvalue weighted by Gasteiger charge is 2.08. The standard InChI is InChI=1S/C14H20N2O4S/c1-10(2)13(19)20-9-5-3-4-6-12(18)16-8-7-11(17)15-14(16)21/h7-8,10H,3-6,9H2,1-2H3,(H,15,17,21). The van der Waals surface area contributed by atoms with E-state index in [0.29, 0.717) is 19.4 Å². The van der Waals surface area contributed by atoms with Crippen molar-refractivity contribution in [1.82, 2.24) is 9.55 Å². The summed E-state index contributed by atoms with van der Waals surface area (Å²) >= 11 is 4.92. The van der Waals surface area contributed by atoms with Gasteiger partial charge in [0.15, 0.2) is 4.77 Å². The molecule has 0 radical (unpaired) electrons. The van der Waals surface area contributed by atoms with Gasteiger partial charge in [0.1, 0.15) is 0 Å². The molecule has 6 nitrogen and oxygen atoms in total. The van der Waals surface area contributed by atoms with Gasteiger partial charge in [-0.2, -0.15) is 0 Å². The summed E-state index contributed by atoms with van der Waals surface area (Å²) in [6.45, 7) is 3.95. The van der Waals surface area contributed by atoms with Gasteiger partial charge in [0.05, 0.1) is 12.5 Å². The van der Waals surface area contributed by atoms with E-state index >= 15 is 0 Å². The first-order valence-electron chi connectivity index (χ1n) is 6.93. The van der Waals surface area contributed by atoms with Crippen molar-refractivity contribution in [3.05, 3.63) is 27.4 Å².